The molecule has 3 aromatic rings. The Morgan fingerprint density at radius 1 is 1.21 bits per heavy atom. The lowest BCUT2D eigenvalue weighted by Crippen LogP contribution is -2.39. The van der Waals surface area contributed by atoms with Crippen LogP contribution < -0.4 is 5.32 Å². The van der Waals surface area contributed by atoms with Crippen molar-refractivity contribution in [2.75, 3.05) is 13.1 Å². The average Bonchev–Trinajstić information content (AvgIpc) is 3.40. The lowest BCUT2D eigenvalue weighted by Gasteiger charge is -2.17. The van der Waals surface area contributed by atoms with Crippen LogP contribution in [-0.2, 0) is 0 Å². The molecule has 2 amide bonds. The van der Waals surface area contributed by atoms with Crippen molar-refractivity contribution in [1.82, 2.24) is 20.2 Å². The van der Waals surface area contributed by atoms with Gasteiger partial charge in [0.25, 0.3) is 11.8 Å². The molecule has 142 valence electrons. The third-order valence-corrected chi connectivity index (χ3v) is 5.53. The molecule has 0 bridgehead atoms. The minimum absolute atomic E-state index is 0.0730. The highest BCUT2D eigenvalue weighted by molar-refractivity contribution is 7.08. The summed E-state index contributed by atoms with van der Waals surface area (Å²) >= 11 is 1.62. The first-order valence-electron chi connectivity index (χ1n) is 9.13. The van der Waals surface area contributed by atoms with Crippen LogP contribution in [0.1, 0.15) is 33.0 Å². The van der Waals surface area contributed by atoms with Crippen molar-refractivity contribution in [1.29, 1.82) is 0 Å². The molecular formula is C21H20N4O2S. The highest BCUT2D eigenvalue weighted by Gasteiger charge is 2.29. The lowest BCUT2D eigenvalue weighted by atomic mass is 10.1. The number of aryl methyl sites for hydroxylation is 1. The van der Waals surface area contributed by atoms with E-state index in [0.29, 0.717) is 30.0 Å². The van der Waals surface area contributed by atoms with Gasteiger partial charge in [0, 0.05) is 36.3 Å². The highest BCUT2D eigenvalue weighted by Crippen LogP contribution is 2.22. The van der Waals surface area contributed by atoms with Gasteiger partial charge in [-0.3, -0.25) is 19.6 Å². The maximum absolute atomic E-state index is 12.7. The molecule has 7 heteroatoms. The molecular weight excluding hydrogens is 372 g/mol. The minimum atomic E-state index is -0.154. The second-order valence-corrected chi connectivity index (χ2v) is 7.55. The summed E-state index contributed by atoms with van der Waals surface area (Å²) in [6, 6.07) is 10.9. The quantitative estimate of drug-likeness (QED) is 0.740. The summed E-state index contributed by atoms with van der Waals surface area (Å²) in [5, 5.41) is 7.08. The monoisotopic (exact) mass is 392 g/mol. The van der Waals surface area contributed by atoms with Gasteiger partial charge < -0.3 is 10.2 Å². The summed E-state index contributed by atoms with van der Waals surface area (Å²) in [4.78, 5) is 35.6. The van der Waals surface area contributed by atoms with Crippen LogP contribution in [0.3, 0.4) is 0 Å². The van der Waals surface area contributed by atoms with Crippen molar-refractivity contribution in [2.24, 2.45) is 0 Å². The Kier molecular flexibility index (Phi) is 5.16. The molecule has 0 aromatic carbocycles. The fourth-order valence-corrected chi connectivity index (χ4v) is 4.00. The summed E-state index contributed by atoms with van der Waals surface area (Å²) in [5.74, 6) is -0.255. The van der Waals surface area contributed by atoms with Crippen molar-refractivity contribution >= 4 is 23.2 Å². The number of carbonyl (C=O) groups is 2. The van der Waals surface area contributed by atoms with E-state index < -0.39 is 0 Å². The first-order valence-corrected chi connectivity index (χ1v) is 10.1. The first kappa shape index (κ1) is 18.3. The predicted octanol–water partition coefficient (Wildman–Crippen LogP) is 3.16. The van der Waals surface area contributed by atoms with Gasteiger partial charge in [-0.25, -0.2) is 0 Å². The Balaban J connectivity index is 1.40. The van der Waals surface area contributed by atoms with Crippen LogP contribution in [-0.4, -0.2) is 45.8 Å². The third kappa shape index (κ3) is 3.80. The SMILES string of the molecule is Cc1nc(-c2ccsc2)ccc1C(=O)NC1CCN(C(=O)c2ccccn2)C1. The summed E-state index contributed by atoms with van der Waals surface area (Å²) in [7, 11) is 0. The van der Waals surface area contributed by atoms with Crippen LogP contribution in [0.25, 0.3) is 11.3 Å². The zero-order valence-corrected chi connectivity index (χ0v) is 16.3. The van der Waals surface area contributed by atoms with Gasteiger partial charge in [-0.15, -0.1) is 0 Å². The number of thiophene rings is 1. The number of nitrogens with zero attached hydrogens (tertiary/aromatic N) is 3. The number of amides is 2. The number of nitrogens with one attached hydrogen (secondary N) is 1. The molecule has 0 aliphatic carbocycles. The maximum atomic E-state index is 12.7. The van der Waals surface area contributed by atoms with Crippen molar-refractivity contribution in [3.05, 3.63) is 70.3 Å². The third-order valence-electron chi connectivity index (χ3n) is 4.84. The molecule has 6 nitrogen and oxygen atoms in total. The van der Waals surface area contributed by atoms with E-state index in [1.54, 1.807) is 40.6 Å². The molecule has 0 saturated carbocycles. The second kappa shape index (κ2) is 7.90. The smallest absolute Gasteiger partial charge is 0.272 e. The van der Waals surface area contributed by atoms with Gasteiger partial charge in [-0.2, -0.15) is 11.3 Å². The molecule has 1 atom stereocenters. The lowest BCUT2D eigenvalue weighted by molar-refractivity contribution is 0.0777. The van der Waals surface area contributed by atoms with Crippen LogP contribution in [0, 0.1) is 6.92 Å². The Bertz CT molecular complexity index is 989. The summed E-state index contributed by atoms with van der Waals surface area (Å²) in [5.41, 5.74) is 3.61. The Morgan fingerprint density at radius 2 is 2.11 bits per heavy atom. The fraction of sp³-hybridized carbons (Fsp3) is 0.238. The van der Waals surface area contributed by atoms with E-state index in [1.807, 2.05) is 35.9 Å². The van der Waals surface area contributed by atoms with Crippen LogP contribution in [0.4, 0.5) is 0 Å². The number of rotatable bonds is 4. The van der Waals surface area contributed by atoms with Gasteiger partial charge in [-0.05, 0) is 49.1 Å². The minimum Gasteiger partial charge on any atom is -0.347 e. The predicted molar refractivity (Wildman–Crippen MR) is 108 cm³/mol. The van der Waals surface area contributed by atoms with E-state index in [2.05, 4.69) is 15.3 Å². The van der Waals surface area contributed by atoms with Gasteiger partial charge in [-0.1, -0.05) is 6.07 Å². The molecule has 1 aliphatic heterocycles. The molecule has 28 heavy (non-hydrogen) atoms. The standard InChI is InChI=1S/C21H20N4O2S/c1-14-17(5-6-18(23-14)15-8-11-28-13-15)20(26)24-16-7-10-25(12-16)21(27)19-4-2-3-9-22-19/h2-6,8-9,11,13,16H,7,10,12H2,1H3,(H,24,26). The van der Waals surface area contributed by atoms with E-state index in [9.17, 15) is 9.59 Å². The van der Waals surface area contributed by atoms with Crippen molar-refractivity contribution in [2.45, 2.75) is 19.4 Å². The number of carbonyl (C=O) groups excluding carboxylic acids is 2. The Labute approximate surface area is 167 Å². The molecule has 1 aliphatic rings. The zero-order chi connectivity index (χ0) is 19.5. The normalized spacial score (nSPS) is 16.2. The molecule has 1 unspecified atom stereocenters. The molecule has 1 saturated heterocycles. The molecule has 4 heterocycles. The van der Waals surface area contributed by atoms with E-state index in [0.717, 1.165) is 17.7 Å². The van der Waals surface area contributed by atoms with Crippen LogP contribution >= 0.6 is 11.3 Å². The second-order valence-electron chi connectivity index (χ2n) is 6.77. The summed E-state index contributed by atoms with van der Waals surface area (Å²) in [6.07, 6.45) is 2.34. The largest absolute Gasteiger partial charge is 0.347 e. The summed E-state index contributed by atoms with van der Waals surface area (Å²) < 4.78 is 0. The maximum Gasteiger partial charge on any atom is 0.272 e. The molecule has 0 radical (unpaired) electrons. The van der Waals surface area contributed by atoms with Crippen LogP contribution in [0.15, 0.2) is 53.4 Å². The van der Waals surface area contributed by atoms with Gasteiger partial charge in [0.1, 0.15) is 5.69 Å². The summed E-state index contributed by atoms with van der Waals surface area (Å²) in [6.45, 7) is 2.94. The molecule has 4 rings (SSSR count). The van der Waals surface area contributed by atoms with Gasteiger partial charge in [0.2, 0.25) is 0 Å². The Hall–Kier alpha value is -3.06. The topological polar surface area (TPSA) is 75.2 Å². The van der Waals surface area contributed by atoms with E-state index in [-0.39, 0.29) is 17.9 Å². The number of hydrogen-bond donors (Lipinski definition) is 1. The number of pyridine rings is 2. The van der Waals surface area contributed by atoms with E-state index >= 15 is 0 Å². The highest BCUT2D eigenvalue weighted by atomic mass is 32.1. The van der Waals surface area contributed by atoms with Gasteiger partial charge in [0.05, 0.1) is 17.0 Å². The number of aromatic nitrogens is 2. The van der Waals surface area contributed by atoms with Crippen molar-refractivity contribution in [3.63, 3.8) is 0 Å². The molecule has 1 fully saturated rings. The van der Waals surface area contributed by atoms with Crippen LogP contribution in [0.2, 0.25) is 0 Å². The van der Waals surface area contributed by atoms with Crippen molar-refractivity contribution in [3.8, 4) is 11.3 Å². The number of likely N-dealkylation sites (tertiary alicyclic amines) is 1. The molecule has 0 spiro atoms. The first-order chi connectivity index (χ1) is 13.6. The van der Waals surface area contributed by atoms with Crippen molar-refractivity contribution < 1.29 is 9.59 Å². The van der Waals surface area contributed by atoms with Crippen LogP contribution in [0.5, 0.6) is 0 Å². The van der Waals surface area contributed by atoms with E-state index in [1.165, 1.54) is 0 Å². The molecule has 3 aromatic heterocycles. The molecule has 1 N–H and O–H groups in total. The average molecular weight is 392 g/mol. The fourth-order valence-electron chi connectivity index (χ4n) is 3.35. The number of hydrogen-bond acceptors (Lipinski definition) is 5. The Morgan fingerprint density at radius 3 is 2.82 bits per heavy atom. The van der Waals surface area contributed by atoms with Gasteiger partial charge >= 0.3 is 0 Å². The van der Waals surface area contributed by atoms with Gasteiger partial charge in [0.15, 0.2) is 0 Å². The van der Waals surface area contributed by atoms with E-state index in [4.69, 9.17) is 0 Å². The zero-order valence-electron chi connectivity index (χ0n) is 15.5.